The summed E-state index contributed by atoms with van der Waals surface area (Å²) in [4.78, 5) is 35.2. The molecule has 1 amide bonds. The van der Waals surface area contributed by atoms with Crippen LogP contribution in [-0.4, -0.2) is 65.4 Å². The van der Waals surface area contributed by atoms with Crippen LogP contribution in [0.2, 0.25) is 0 Å². The number of aliphatic hydroxyl groups excluding tert-OH is 2. The van der Waals surface area contributed by atoms with Gasteiger partial charge in [0.2, 0.25) is 0 Å². The van der Waals surface area contributed by atoms with Gasteiger partial charge < -0.3 is 25.6 Å². The van der Waals surface area contributed by atoms with Gasteiger partial charge >= 0.3 is 0 Å². The number of carbonyl (C=O) groups is 1. The molecule has 2 aromatic heterocycles. The summed E-state index contributed by atoms with van der Waals surface area (Å²) in [7, 11) is 0. The largest absolute Gasteiger partial charge is 0.387 e. The van der Waals surface area contributed by atoms with E-state index in [1.165, 1.54) is 29.4 Å². The van der Waals surface area contributed by atoms with Crippen LogP contribution in [0, 0.1) is 10.1 Å². The van der Waals surface area contributed by atoms with Crippen molar-refractivity contribution in [3.05, 3.63) is 52.6 Å². The Balaban J connectivity index is 1.56. The van der Waals surface area contributed by atoms with Gasteiger partial charge in [-0.25, -0.2) is 15.0 Å². The van der Waals surface area contributed by atoms with Crippen molar-refractivity contribution in [2.45, 2.75) is 38.0 Å². The minimum atomic E-state index is -1.42. The number of hydrogen-bond donors (Lipinski definition) is 4. The molecule has 4 unspecified atom stereocenters. The van der Waals surface area contributed by atoms with Crippen molar-refractivity contribution in [2.75, 3.05) is 11.9 Å². The fraction of sp³-hybridized carbons (Fsp3) is 0.368. The number of ether oxygens (including phenoxy) is 1. The van der Waals surface area contributed by atoms with Crippen LogP contribution in [0.1, 0.15) is 18.7 Å². The lowest BCUT2D eigenvalue weighted by molar-refractivity contribution is -0.384. The molecule has 1 saturated heterocycles. The molecule has 0 bridgehead atoms. The van der Waals surface area contributed by atoms with Crippen LogP contribution < -0.4 is 10.6 Å². The van der Waals surface area contributed by atoms with Crippen LogP contribution in [0.15, 0.2) is 36.9 Å². The number of non-ortho nitro benzene ring substituents is 1. The molecule has 0 aliphatic carbocycles. The van der Waals surface area contributed by atoms with Gasteiger partial charge in [0.25, 0.3) is 11.6 Å². The summed E-state index contributed by atoms with van der Waals surface area (Å²) in [5.74, 6) is -0.159. The Labute approximate surface area is 181 Å². The molecule has 32 heavy (non-hydrogen) atoms. The van der Waals surface area contributed by atoms with Crippen molar-refractivity contribution in [1.82, 2.24) is 24.8 Å². The van der Waals surface area contributed by atoms with E-state index in [1.807, 2.05) is 0 Å². The molecule has 0 spiro atoms. The first kappa shape index (κ1) is 21.5. The third-order valence-corrected chi connectivity index (χ3v) is 5.06. The molecule has 0 radical (unpaired) electrons. The van der Waals surface area contributed by atoms with Crippen molar-refractivity contribution < 1.29 is 24.7 Å². The zero-order valence-corrected chi connectivity index (χ0v) is 17.0. The quantitative estimate of drug-likeness (QED) is 0.289. The minimum Gasteiger partial charge on any atom is -0.387 e. The van der Waals surface area contributed by atoms with Crippen LogP contribution in [0.4, 0.5) is 11.5 Å². The summed E-state index contributed by atoms with van der Waals surface area (Å²) in [6, 6.07) is 6.19. The molecule has 4 atom stereocenters. The van der Waals surface area contributed by atoms with E-state index in [0.29, 0.717) is 29.1 Å². The number of imidazole rings is 1. The van der Waals surface area contributed by atoms with Gasteiger partial charge in [0.05, 0.1) is 11.3 Å². The van der Waals surface area contributed by atoms with E-state index in [0.717, 1.165) is 0 Å². The zero-order valence-electron chi connectivity index (χ0n) is 17.0. The van der Waals surface area contributed by atoms with Crippen LogP contribution in [0.3, 0.4) is 0 Å². The summed E-state index contributed by atoms with van der Waals surface area (Å²) in [5, 5.41) is 37.3. The van der Waals surface area contributed by atoms with Crippen molar-refractivity contribution in [2.24, 2.45) is 0 Å². The predicted molar refractivity (Wildman–Crippen MR) is 110 cm³/mol. The van der Waals surface area contributed by atoms with Gasteiger partial charge in [-0.3, -0.25) is 19.5 Å². The molecule has 1 aromatic carbocycles. The summed E-state index contributed by atoms with van der Waals surface area (Å²) in [6.07, 6.45) is -2.45. The first-order chi connectivity index (χ1) is 15.4. The maximum absolute atomic E-state index is 12.1. The Morgan fingerprint density at radius 3 is 2.84 bits per heavy atom. The summed E-state index contributed by atoms with van der Waals surface area (Å²) in [5.41, 5.74) is 1.33. The molecule has 1 fully saturated rings. The molecule has 4 N–H and O–H groups in total. The highest BCUT2D eigenvalue weighted by Crippen LogP contribution is 2.32. The standard InChI is InChI=1S/C19H21N7O6/c1-2-20-18(29)15-13(27)14(28)19(32-15)25-9-24-12-16(22-8-23-17(12)25)21-7-10-4-3-5-11(6-10)26(30)31/h3-6,8-9,13-15,19,27-28H,2,7H2,1H3,(H,20,29)(H,21,22,23). The zero-order chi connectivity index (χ0) is 22.8. The second kappa shape index (κ2) is 8.82. The van der Waals surface area contributed by atoms with E-state index in [9.17, 15) is 25.1 Å². The lowest BCUT2D eigenvalue weighted by Crippen LogP contribution is -2.42. The SMILES string of the molecule is CCNC(=O)C1OC(n2cnc3c(NCc4cccc([N+](=O)[O-])c4)ncnc32)C(O)C1O. The maximum atomic E-state index is 12.1. The Kier molecular flexibility index (Phi) is 5.94. The monoisotopic (exact) mass is 443 g/mol. The van der Waals surface area contributed by atoms with Gasteiger partial charge in [-0.2, -0.15) is 0 Å². The Morgan fingerprint density at radius 2 is 2.09 bits per heavy atom. The van der Waals surface area contributed by atoms with Gasteiger partial charge in [0.15, 0.2) is 29.3 Å². The number of amides is 1. The van der Waals surface area contributed by atoms with Crippen molar-refractivity contribution in [3.63, 3.8) is 0 Å². The molecular formula is C19H21N7O6. The number of anilines is 1. The minimum absolute atomic E-state index is 0.0194. The van der Waals surface area contributed by atoms with Gasteiger partial charge in [-0.1, -0.05) is 12.1 Å². The Bertz CT molecular complexity index is 1150. The second-order valence-electron chi connectivity index (χ2n) is 7.15. The molecule has 0 saturated carbocycles. The Morgan fingerprint density at radius 1 is 1.28 bits per heavy atom. The number of fused-ring (bicyclic) bond motifs is 1. The second-order valence-corrected chi connectivity index (χ2v) is 7.15. The molecule has 4 rings (SSSR count). The lowest BCUT2D eigenvalue weighted by atomic mass is 10.1. The highest BCUT2D eigenvalue weighted by atomic mass is 16.6. The number of hydrogen-bond acceptors (Lipinski definition) is 10. The maximum Gasteiger partial charge on any atom is 0.269 e. The number of carbonyl (C=O) groups excluding carboxylic acids is 1. The van der Waals surface area contributed by atoms with E-state index < -0.39 is 35.4 Å². The fourth-order valence-corrected chi connectivity index (χ4v) is 3.51. The van der Waals surface area contributed by atoms with Crippen molar-refractivity contribution in [1.29, 1.82) is 0 Å². The van der Waals surface area contributed by atoms with Crippen molar-refractivity contribution >= 4 is 28.6 Å². The van der Waals surface area contributed by atoms with E-state index in [1.54, 1.807) is 19.1 Å². The van der Waals surface area contributed by atoms with Crippen molar-refractivity contribution in [3.8, 4) is 0 Å². The highest BCUT2D eigenvalue weighted by molar-refractivity contribution is 5.83. The molecule has 13 heteroatoms. The van der Waals surface area contributed by atoms with E-state index in [4.69, 9.17) is 4.74 Å². The molecule has 3 aromatic rings. The topological polar surface area (TPSA) is 178 Å². The van der Waals surface area contributed by atoms with E-state index in [2.05, 4.69) is 25.6 Å². The van der Waals surface area contributed by atoms with Crippen LogP contribution >= 0.6 is 0 Å². The number of nitrogens with zero attached hydrogens (tertiary/aromatic N) is 5. The third-order valence-electron chi connectivity index (χ3n) is 5.06. The summed E-state index contributed by atoms with van der Waals surface area (Å²) >= 11 is 0. The van der Waals surface area contributed by atoms with Crippen LogP contribution in [0.25, 0.3) is 11.2 Å². The smallest absolute Gasteiger partial charge is 0.269 e. The normalized spacial score (nSPS) is 22.7. The lowest BCUT2D eigenvalue weighted by Gasteiger charge is -2.16. The number of nitro groups is 1. The number of likely N-dealkylation sites (N-methyl/N-ethyl adjacent to an activating group) is 1. The number of nitrogens with one attached hydrogen (secondary N) is 2. The molecule has 1 aliphatic heterocycles. The highest BCUT2D eigenvalue weighted by Gasteiger charge is 2.47. The Hall–Kier alpha value is -3.68. The van der Waals surface area contributed by atoms with E-state index >= 15 is 0 Å². The number of benzene rings is 1. The van der Waals surface area contributed by atoms with Gasteiger partial charge in [-0.15, -0.1) is 0 Å². The average Bonchev–Trinajstić information content (AvgIpc) is 3.34. The summed E-state index contributed by atoms with van der Waals surface area (Å²) < 4.78 is 7.04. The van der Waals surface area contributed by atoms with Crippen LogP contribution in [-0.2, 0) is 16.1 Å². The van der Waals surface area contributed by atoms with Gasteiger partial charge in [0, 0.05) is 25.2 Å². The fourth-order valence-electron chi connectivity index (χ4n) is 3.51. The number of aliphatic hydroxyl groups is 2. The first-order valence-corrected chi connectivity index (χ1v) is 9.84. The molecule has 1 aliphatic rings. The molecule has 13 nitrogen and oxygen atoms in total. The first-order valence-electron chi connectivity index (χ1n) is 9.84. The van der Waals surface area contributed by atoms with Crippen LogP contribution in [0.5, 0.6) is 0 Å². The average molecular weight is 443 g/mol. The number of aromatic nitrogens is 4. The number of nitro benzene ring substituents is 1. The predicted octanol–water partition coefficient (Wildman–Crippen LogP) is 0.102. The summed E-state index contributed by atoms with van der Waals surface area (Å²) in [6.45, 7) is 2.34. The molecule has 3 heterocycles. The van der Waals surface area contributed by atoms with E-state index in [-0.39, 0.29) is 12.2 Å². The van der Waals surface area contributed by atoms with Gasteiger partial charge in [-0.05, 0) is 12.5 Å². The third kappa shape index (κ3) is 3.95. The number of rotatable bonds is 7. The van der Waals surface area contributed by atoms with Gasteiger partial charge in [0.1, 0.15) is 18.5 Å². The molecular weight excluding hydrogens is 422 g/mol. The molecule has 168 valence electrons.